The molecule has 0 spiro atoms. The lowest BCUT2D eigenvalue weighted by Crippen LogP contribution is -2.46. The van der Waals surface area contributed by atoms with Gasteiger partial charge in [0, 0.05) is 18.0 Å². The lowest BCUT2D eigenvalue weighted by atomic mass is 9.96. The molecule has 2 rings (SSSR count). The standard InChI is InChI=1S/C15H22N2O2S/c1-13-7-8-15(11-16)12-17(13)20(18,19)10-9-14-5-3-2-4-6-14/h2-6,9-10,13,15H,7-8,11-12,16H2,1H3. The maximum absolute atomic E-state index is 12.4. The Hall–Kier alpha value is -1.17. The first-order valence-electron chi connectivity index (χ1n) is 6.98. The van der Waals surface area contributed by atoms with Gasteiger partial charge in [-0.3, -0.25) is 0 Å². The van der Waals surface area contributed by atoms with Crippen LogP contribution in [0.4, 0.5) is 0 Å². The highest BCUT2D eigenvalue weighted by Gasteiger charge is 2.31. The monoisotopic (exact) mass is 294 g/mol. The molecule has 110 valence electrons. The van der Waals surface area contributed by atoms with Gasteiger partial charge in [0.25, 0.3) is 0 Å². The molecule has 0 bridgehead atoms. The average molecular weight is 294 g/mol. The Morgan fingerprint density at radius 3 is 2.65 bits per heavy atom. The highest BCUT2D eigenvalue weighted by molar-refractivity contribution is 7.92. The van der Waals surface area contributed by atoms with Gasteiger partial charge in [0.05, 0.1) is 0 Å². The third kappa shape index (κ3) is 3.69. The summed E-state index contributed by atoms with van der Waals surface area (Å²) in [5.74, 6) is 0.270. The quantitative estimate of drug-likeness (QED) is 0.924. The van der Waals surface area contributed by atoms with Crippen LogP contribution in [0, 0.1) is 5.92 Å². The molecule has 2 N–H and O–H groups in total. The Kier molecular flexibility index (Phi) is 4.96. The molecule has 1 aromatic rings. The van der Waals surface area contributed by atoms with Crippen molar-refractivity contribution < 1.29 is 8.42 Å². The fourth-order valence-electron chi connectivity index (χ4n) is 2.50. The molecule has 1 aliphatic heterocycles. The van der Waals surface area contributed by atoms with E-state index in [1.807, 2.05) is 37.3 Å². The van der Waals surface area contributed by atoms with Crippen LogP contribution in [-0.4, -0.2) is 31.9 Å². The molecule has 0 radical (unpaired) electrons. The number of hydrogen-bond donors (Lipinski definition) is 1. The molecule has 1 aliphatic rings. The second-order valence-corrected chi connectivity index (χ2v) is 7.13. The third-order valence-corrected chi connectivity index (χ3v) is 5.46. The van der Waals surface area contributed by atoms with Gasteiger partial charge in [0.1, 0.15) is 0 Å². The molecular formula is C15H22N2O2S. The highest BCUT2D eigenvalue weighted by Crippen LogP contribution is 2.24. The summed E-state index contributed by atoms with van der Waals surface area (Å²) in [4.78, 5) is 0. The fraction of sp³-hybridized carbons (Fsp3) is 0.467. The maximum Gasteiger partial charge on any atom is 0.236 e. The van der Waals surface area contributed by atoms with E-state index in [-0.39, 0.29) is 12.0 Å². The predicted molar refractivity (Wildman–Crippen MR) is 82.3 cm³/mol. The molecular weight excluding hydrogens is 272 g/mol. The minimum absolute atomic E-state index is 0.0447. The molecule has 5 heteroatoms. The summed E-state index contributed by atoms with van der Waals surface area (Å²) < 4.78 is 26.4. The van der Waals surface area contributed by atoms with Gasteiger partial charge < -0.3 is 5.73 Å². The van der Waals surface area contributed by atoms with Crippen LogP contribution in [-0.2, 0) is 10.0 Å². The number of piperidine rings is 1. The van der Waals surface area contributed by atoms with E-state index in [1.54, 1.807) is 10.4 Å². The van der Waals surface area contributed by atoms with Gasteiger partial charge in [-0.05, 0) is 43.9 Å². The fourth-order valence-corrected chi connectivity index (χ4v) is 4.01. The largest absolute Gasteiger partial charge is 0.330 e. The van der Waals surface area contributed by atoms with Crippen LogP contribution in [0.5, 0.6) is 0 Å². The Morgan fingerprint density at radius 2 is 2.00 bits per heavy atom. The van der Waals surface area contributed by atoms with Crippen LogP contribution in [0.25, 0.3) is 6.08 Å². The molecule has 4 nitrogen and oxygen atoms in total. The zero-order valence-electron chi connectivity index (χ0n) is 11.8. The zero-order valence-corrected chi connectivity index (χ0v) is 12.6. The van der Waals surface area contributed by atoms with Crippen molar-refractivity contribution in [3.05, 3.63) is 41.3 Å². The minimum atomic E-state index is -3.38. The van der Waals surface area contributed by atoms with Crippen LogP contribution in [0.1, 0.15) is 25.3 Å². The van der Waals surface area contributed by atoms with Crippen LogP contribution in [0.3, 0.4) is 0 Å². The first kappa shape index (κ1) is 15.2. The van der Waals surface area contributed by atoms with Crippen molar-refractivity contribution >= 4 is 16.1 Å². The summed E-state index contributed by atoms with van der Waals surface area (Å²) >= 11 is 0. The van der Waals surface area contributed by atoms with E-state index in [2.05, 4.69) is 0 Å². The van der Waals surface area contributed by atoms with E-state index < -0.39 is 10.0 Å². The molecule has 20 heavy (non-hydrogen) atoms. The molecule has 1 fully saturated rings. The van der Waals surface area contributed by atoms with E-state index in [0.29, 0.717) is 13.1 Å². The van der Waals surface area contributed by atoms with Crippen LogP contribution < -0.4 is 5.73 Å². The minimum Gasteiger partial charge on any atom is -0.330 e. The molecule has 0 amide bonds. The van der Waals surface area contributed by atoms with Crippen LogP contribution in [0.2, 0.25) is 0 Å². The van der Waals surface area contributed by atoms with E-state index in [4.69, 9.17) is 5.73 Å². The molecule has 1 aromatic carbocycles. The van der Waals surface area contributed by atoms with Gasteiger partial charge in [-0.1, -0.05) is 30.3 Å². The van der Waals surface area contributed by atoms with E-state index in [1.165, 1.54) is 5.41 Å². The van der Waals surface area contributed by atoms with Crippen molar-refractivity contribution in [3.8, 4) is 0 Å². The molecule has 0 saturated carbocycles. The van der Waals surface area contributed by atoms with Crippen molar-refractivity contribution in [2.45, 2.75) is 25.8 Å². The number of benzene rings is 1. The normalized spacial score (nSPS) is 25.1. The molecule has 0 aliphatic carbocycles. The first-order valence-corrected chi connectivity index (χ1v) is 8.48. The Bertz CT molecular complexity index is 554. The topological polar surface area (TPSA) is 63.4 Å². The zero-order chi connectivity index (χ0) is 14.6. The smallest absolute Gasteiger partial charge is 0.236 e. The van der Waals surface area contributed by atoms with Gasteiger partial charge in [0.2, 0.25) is 10.0 Å². The second-order valence-electron chi connectivity index (χ2n) is 5.36. The summed E-state index contributed by atoms with van der Waals surface area (Å²) in [5, 5.41) is 1.30. The Labute approximate surface area is 121 Å². The number of rotatable bonds is 4. The summed E-state index contributed by atoms with van der Waals surface area (Å²) in [5.41, 5.74) is 6.56. The summed E-state index contributed by atoms with van der Waals surface area (Å²) in [6, 6.07) is 9.50. The SMILES string of the molecule is CC1CCC(CN)CN1S(=O)(=O)C=Cc1ccccc1. The Balaban J connectivity index is 2.15. The van der Waals surface area contributed by atoms with Gasteiger partial charge >= 0.3 is 0 Å². The number of nitrogens with two attached hydrogens (primary N) is 1. The van der Waals surface area contributed by atoms with Crippen molar-refractivity contribution in [1.29, 1.82) is 0 Å². The summed E-state index contributed by atoms with van der Waals surface area (Å²) in [7, 11) is -3.38. The van der Waals surface area contributed by atoms with Crippen molar-refractivity contribution in [3.63, 3.8) is 0 Å². The average Bonchev–Trinajstić information content (AvgIpc) is 2.47. The van der Waals surface area contributed by atoms with E-state index in [0.717, 1.165) is 18.4 Å². The highest BCUT2D eigenvalue weighted by atomic mass is 32.2. The van der Waals surface area contributed by atoms with Crippen LogP contribution >= 0.6 is 0 Å². The van der Waals surface area contributed by atoms with Crippen molar-refractivity contribution in [2.75, 3.05) is 13.1 Å². The van der Waals surface area contributed by atoms with E-state index in [9.17, 15) is 8.42 Å². The lowest BCUT2D eigenvalue weighted by Gasteiger charge is -2.35. The van der Waals surface area contributed by atoms with Gasteiger partial charge in [-0.25, -0.2) is 8.42 Å². The lowest BCUT2D eigenvalue weighted by molar-refractivity contribution is 0.213. The van der Waals surface area contributed by atoms with Gasteiger partial charge in [0.15, 0.2) is 0 Å². The third-order valence-electron chi connectivity index (χ3n) is 3.81. The molecule has 1 heterocycles. The predicted octanol–water partition coefficient (Wildman–Crippen LogP) is 2.05. The number of nitrogens with zero attached hydrogens (tertiary/aromatic N) is 1. The number of hydrogen-bond acceptors (Lipinski definition) is 3. The summed E-state index contributed by atoms with van der Waals surface area (Å²) in [6.45, 7) is 3.03. The molecule has 0 aromatic heterocycles. The molecule has 2 unspecified atom stereocenters. The maximum atomic E-state index is 12.4. The van der Waals surface area contributed by atoms with Gasteiger partial charge in [-0.15, -0.1) is 0 Å². The summed E-state index contributed by atoms with van der Waals surface area (Å²) in [6.07, 6.45) is 3.53. The molecule has 2 atom stereocenters. The molecule has 1 saturated heterocycles. The Morgan fingerprint density at radius 1 is 1.30 bits per heavy atom. The van der Waals surface area contributed by atoms with E-state index >= 15 is 0 Å². The number of sulfonamides is 1. The first-order chi connectivity index (χ1) is 9.53. The van der Waals surface area contributed by atoms with Crippen molar-refractivity contribution in [1.82, 2.24) is 4.31 Å². The van der Waals surface area contributed by atoms with Crippen LogP contribution in [0.15, 0.2) is 35.7 Å². The van der Waals surface area contributed by atoms with Gasteiger partial charge in [-0.2, -0.15) is 4.31 Å². The van der Waals surface area contributed by atoms with Crippen molar-refractivity contribution in [2.24, 2.45) is 11.7 Å². The second kappa shape index (κ2) is 6.52.